The molecule has 1 amide bonds. The second kappa shape index (κ2) is 7.00. The molecule has 0 spiro atoms. The molecule has 0 aromatic heterocycles. The Morgan fingerprint density at radius 3 is 2.71 bits per heavy atom. The summed E-state index contributed by atoms with van der Waals surface area (Å²) < 4.78 is 5.23. The summed E-state index contributed by atoms with van der Waals surface area (Å²) in [5.41, 5.74) is -0.0328. The van der Waals surface area contributed by atoms with Gasteiger partial charge in [0.05, 0.1) is 11.0 Å². The normalized spacial score (nSPS) is 21.0. The van der Waals surface area contributed by atoms with Gasteiger partial charge < -0.3 is 20.5 Å². The van der Waals surface area contributed by atoms with E-state index in [1.54, 1.807) is 0 Å². The first-order chi connectivity index (χ1) is 10.1. The van der Waals surface area contributed by atoms with E-state index in [4.69, 9.17) is 4.74 Å². The number of β-amino-alcohol motifs (C(OH)–C–C–N with tert-alkyl or cyclic N) is 1. The summed E-state index contributed by atoms with van der Waals surface area (Å²) in [6.07, 6.45) is -0.444. The Morgan fingerprint density at radius 2 is 2.14 bits per heavy atom. The summed E-state index contributed by atoms with van der Waals surface area (Å²) in [4.78, 5) is 21.6. The van der Waals surface area contributed by atoms with Gasteiger partial charge in [-0.1, -0.05) is 0 Å². The lowest BCUT2D eigenvalue weighted by atomic mass is 10.1. The second-order valence-electron chi connectivity index (χ2n) is 4.83. The highest BCUT2D eigenvalue weighted by Crippen LogP contribution is 2.17. The van der Waals surface area contributed by atoms with Gasteiger partial charge in [-0.2, -0.15) is 0 Å². The van der Waals surface area contributed by atoms with E-state index in [-0.39, 0.29) is 24.1 Å². The zero-order chi connectivity index (χ0) is 15.2. The number of carbonyl (C=O) groups is 1. The molecular weight excluding hydrogens is 278 g/mol. The maximum absolute atomic E-state index is 11.6. The zero-order valence-corrected chi connectivity index (χ0v) is 11.3. The number of ether oxygens (including phenoxy) is 1. The molecule has 1 fully saturated rings. The van der Waals surface area contributed by atoms with Crippen LogP contribution in [0.4, 0.5) is 5.69 Å². The van der Waals surface area contributed by atoms with E-state index in [1.165, 1.54) is 24.3 Å². The Balaban J connectivity index is 1.72. The molecule has 2 unspecified atom stereocenters. The monoisotopic (exact) mass is 295 g/mol. The van der Waals surface area contributed by atoms with Crippen LogP contribution in [0.3, 0.4) is 0 Å². The smallest absolute Gasteiger partial charge is 0.269 e. The average Bonchev–Trinajstić information content (AvgIpc) is 2.88. The number of carbonyl (C=O) groups excluding carboxylic acids is 1. The molecule has 1 saturated heterocycles. The number of nitrogens with zero attached hydrogens (tertiary/aromatic N) is 1. The number of hydrogen-bond donors (Lipinski definition) is 3. The topological polar surface area (TPSA) is 114 Å². The van der Waals surface area contributed by atoms with Gasteiger partial charge in [0.25, 0.3) is 11.6 Å². The van der Waals surface area contributed by atoms with E-state index >= 15 is 0 Å². The van der Waals surface area contributed by atoms with Gasteiger partial charge >= 0.3 is 0 Å². The highest BCUT2D eigenvalue weighted by Gasteiger charge is 2.24. The average molecular weight is 295 g/mol. The van der Waals surface area contributed by atoms with Crippen molar-refractivity contribution in [1.29, 1.82) is 0 Å². The number of rotatable bonds is 6. The summed E-state index contributed by atoms with van der Waals surface area (Å²) in [5, 5.41) is 25.8. The Labute approximate surface area is 121 Å². The molecule has 2 atom stereocenters. The molecule has 1 aliphatic rings. The molecule has 1 aliphatic heterocycles. The van der Waals surface area contributed by atoms with Crippen LogP contribution < -0.4 is 15.4 Å². The number of benzene rings is 1. The van der Waals surface area contributed by atoms with Crippen LogP contribution in [0, 0.1) is 16.0 Å². The third kappa shape index (κ3) is 4.40. The van der Waals surface area contributed by atoms with E-state index < -0.39 is 11.0 Å². The fourth-order valence-electron chi connectivity index (χ4n) is 2.04. The van der Waals surface area contributed by atoms with Crippen molar-refractivity contribution in [3.8, 4) is 5.75 Å². The maximum atomic E-state index is 11.6. The summed E-state index contributed by atoms with van der Waals surface area (Å²) in [5.74, 6) is 0.0964. The molecule has 8 heteroatoms. The molecule has 1 aromatic carbocycles. The zero-order valence-electron chi connectivity index (χ0n) is 11.3. The van der Waals surface area contributed by atoms with Gasteiger partial charge in [-0.15, -0.1) is 0 Å². The van der Waals surface area contributed by atoms with Crippen molar-refractivity contribution in [1.82, 2.24) is 10.6 Å². The Kier molecular flexibility index (Phi) is 5.07. The van der Waals surface area contributed by atoms with E-state index in [0.29, 0.717) is 25.4 Å². The minimum absolute atomic E-state index is 0.00771. The third-order valence-electron chi connectivity index (χ3n) is 3.28. The molecule has 1 heterocycles. The largest absolute Gasteiger partial charge is 0.484 e. The van der Waals surface area contributed by atoms with Crippen LogP contribution in [0.1, 0.15) is 0 Å². The first-order valence-electron chi connectivity index (χ1n) is 6.59. The van der Waals surface area contributed by atoms with Crippen molar-refractivity contribution in [3.05, 3.63) is 34.4 Å². The number of hydrogen-bond acceptors (Lipinski definition) is 6. The lowest BCUT2D eigenvalue weighted by Crippen LogP contribution is -2.36. The number of aliphatic hydroxyl groups excluding tert-OH is 1. The summed E-state index contributed by atoms with van der Waals surface area (Å²) in [7, 11) is 0. The highest BCUT2D eigenvalue weighted by atomic mass is 16.6. The fraction of sp³-hybridized carbons (Fsp3) is 0.462. The van der Waals surface area contributed by atoms with Crippen LogP contribution in [0.15, 0.2) is 24.3 Å². The molecule has 2 rings (SSSR count). The first kappa shape index (κ1) is 15.2. The van der Waals surface area contributed by atoms with Crippen molar-refractivity contribution in [2.45, 2.75) is 6.10 Å². The number of nitro benzene ring substituents is 1. The van der Waals surface area contributed by atoms with Crippen molar-refractivity contribution >= 4 is 11.6 Å². The molecular formula is C13H17N3O5. The van der Waals surface area contributed by atoms with Gasteiger partial charge in [-0.3, -0.25) is 14.9 Å². The van der Waals surface area contributed by atoms with Crippen LogP contribution in [0.25, 0.3) is 0 Å². The number of nitro groups is 1. The predicted octanol–water partition coefficient (Wildman–Crippen LogP) is -0.330. The standard InChI is InChI=1S/C13H17N3O5/c17-12-7-14-5-9(12)6-15-13(18)8-21-11-3-1-10(2-4-11)16(19)20/h1-4,9,12,14,17H,5-8H2,(H,15,18). The minimum atomic E-state index is -0.503. The third-order valence-corrected chi connectivity index (χ3v) is 3.28. The molecule has 114 valence electrons. The minimum Gasteiger partial charge on any atom is -0.484 e. The lowest BCUT2D eigenvalue weighted by molar-refractivity contribution is -0.384. The lowest BCUT2D eigenvalue weighted by Gasteiger charge is -2.14. The molecule has 3 N–H and O–H groups in total. The van der Waals surface area contributed by atoms with Gasteiger partial charge in [-0.25, -0.2) is 0 Å². The van der Waals surface area contributed by atoms with Gasteiger partial charge in [0, 0.05) is 37.7 Å². The Hall–Kier alpha value is -2.19. The summed E-state index contributed by atoms with van der Waals surface area (Å²) in [6.45, 7) is 1.43. The number of non-ortho nitro benzene ring substituents is 1. The van der Waals surface area contributed by atoms with Gasteiger partial charge in [0.1, 0.15) is 5.75 Å². The number of aliphatic hydroxyl groups is 1. The Morgan fingerprint density at radius 1 is 1.43 bits per heavy atom. The first-order valence-corrected chi connectivity index (χ1v) is 6.59. The summed E-state index contributed by atoms with van der Waals surface area (Å²) in [6, 6.07) is 5.51. The maximum Gasteiger partial charge on any atom is 0.269 e. The van der Waals surface area contributed by atoms with Crippen LogP contribution in [0.5, 0.6) is 5.75 Å². The van der Waals surface area contributed by atoms with Gasteiger partial charge in [0.15, 0.2) is 6.61 Å². The van der Waals surface area contributed by atoms with Gasteiger partial charge in [-0.05, 0) is 12.1 Å². The summed E-state index contributed by atoms with van der Waals surface area (Å²) >= 11 is 0. The van der Waals surface area contributed by atoms with Crippen LogP contribution in [0.2, 0.25) is 0 Å². The van der Waals surface area contributed by atoms with Crippen molar-refractivity contribution < 1.29 is 19.6 Å². The predicted molar refractivity (Wildman–Crippen MR) is 74.0 cm³/mol. The van der Waals surface area contributed by atoms with Crippen molar-refractivity contribution in [3.63, 3.8) is 0 Å². The fourth-order valence-corrected chi connectivity index (χ4v) is 2.04. The number of nitrogens with one attached hydrogen (secondary N) is 2. The molecule has 8 nitrogen and oxygen atoms in total. The molecule has 1 aromatic rings. The van der Waals surface area contributed by atoms with Crippen LogP contribution in [-0.4, -0.2) is 48.3 Å². The van der Waals surface area contributed by atoms with E-state index in [1.807, 2.05) is 0 Å². The Bertz CT molecular complexity index is 505. The molecule has 0 radical (unpaired) electrons. The van der Waals surface area contributed by atoms with E-state index in [2.05, 4.69) is 10.6 Å². The molecule has 0 saturated carbocycles. The van der Waals surface area contributed by atoms with Crippen LogP contribution >= 0.6 is 0 Å². The SMILES string of the molecule is O=C(COc1ccc([N+](=O)[O-])cc1)NCC1CNCC1O. The molecule has 0 aliphatic carbocycles. The molecule has 21 heavy (non-hydrogen) atoms. The second-order valence-corrected chi connectivity index (χ2v) is 4.83. The number of amides is 1. The van der Waals surface area contributed by atoms with Crippen molar-refractivity contribution in [2.75, 3.05) is 26.2 Å². The van der Waals surface area contributed by atoms with Crippen LogP contribution in [-0.2, 0) is 4.79 Å². The quantitative estimate of drug-likeness (QED) is 0.489. The van der Waals surface area contributed by atoms with Crippen molar-refractivity contribution in [2.24, 2.45) is 5.92 Å². The van der Waals surface area contributed by atoms with E-state index in [0.717, 1.165) is 0 Å². The van der Waals surface area contributed by atoms with Gasteiger partial charge in [0.2, 0.25) is 0 Å². The highest BCUT2D eigenvalue weighted by molar-refractivity contribution is 5.77. The van der Waals surface area contributed by atoms with E-state index in [9.17, 15) is 20.0 Å². The molecule has 0 bridgehead atoms.